The van der Waals surface area contributed by atoms with E-state index in [2.05, 4.69) is 6.58 Å². The van der Waals surface area contributed by atoms with Crippen LogP contribution in [0, 0.1) is 10.1 Å². The van der Waals surface area contributed by atoms with Gasteiger partial charge in [0.15, 0.2) is 0 Å². The molecule has 0 aliphatic heterocycles. The minimum Gasteiger partial charge on any atom is -0.258 e. The Morgan fingerprint density at radius 2 is 2.00 bits per heavy atom. The zero-order chi connectivity index (χ0) is 12.1. The van der Waals surface area contributed by atoms with Crippen LogP contribution < -0.4 is 0 Å². The molecule has 16 heavy (non-hydrogen) atoms. The number of hydrogen-bond donors (Lipinski definition) is 0. The van der Waals surface area contributed by atoms with Crippen LogP contribution in [0.15, 0.2) is 42.5 Å². The van der Waals surface area contributed by atoms with Crippen LogP contribution in [0.1, 0.15) is 25.8 Å². The molecular weight excluding hydrogens is 202 g/mol. The third-order valence-corrected chi connectivity index (χ3v) is 2.41. The van der Waals surface area contributed by atoms with Gasteiger partial charge < -0.3 is 0 Å². The molecule has 3 nitrogen and oxygen atoms in total. The molecule has 0 saturated heterocycles. The van der Waals surface area contributed by atoms with Crippen LogP contribution >= 0.6 is 0 Å². The summed E-state index contributed by atoms with van der Waals surface area (Å²) in [7, 11) is 0. The summed E-state index contributed by atoms with van der Waals surface area (Å²) >= 11 is 0. The van der Waals surface area contributed by atoms with E-state index in [0.29, 0.717) is 0 Å². The third-order valence-electron chi connectivity index (χ3n) is 2.41. The fourth-order valence-electron chi connectivity index (χ4n) is 1.34. The van der Waals surface area contributed by atoms with Gasteiger partial charge in [-0.1, -0.05) is 25.2 Å². The van der Waals surface area contributed by atoms with E-state index in [0.717, 1.165) is 23.1 Å². The van der Waals surface area contributed by atoms with Gasteiger partial charge in [0.1, 0.15) is 0 Å². The van der Waals surface area contributed by atoms with Crippen LogP contribution in [0.25, 0.3) is 5.57 Å². The number of non-ortho nitro benzene ring substituents is 1. The Kier molecular flexibility index (Phi) is 4.00. The fourth-order valence-corrected chi connectivity index (χ4v) is 1.34. The molecule has 0 atom stereocenters. The lowest BCUT2D eigenvalue weighted by Gasteiger charge is -2.02. The molecule has 84 valence electrons. The van der Waals surface area contributed by atoms with Crippen molar-refractivity contribution in [1.29, 1.82) is 0 Å². The van der Waals surface area contributed by atoms with Crippen LogP contribution in [0.4, 0.5) is 5.69 Å². The second-order valence-corrected chi connectivity index (χ2v) is 3.64. The number of allylic oxidation sites excluding steroid dienone is 3. The van der Waals surface area contributed by atoms with Crippen LogP contribution in [0.3, 0.4) is 0 Å². The van der Waals surface area contributed by atoms with E-state index < -0.39 is 4.92 Å². The van der Waals surface area contributed by atoms with Gasteiger partial charge in [0.25, 0.3) is 5.69 Å². The van der Waals surface area contributed by atoms with Crippen molar-refractivity contribution in [1.82, 2.24) is 0 Å². The van der Waals surface area contributed by atoms with Gasteiger partial charge in [-0.2, -0.15) is 0 Å². The van der Waals surface area contributed by atoms with Crippen LogP contribution in [0.5, 0.6) is 0 Å². The van der Waals surface area contributed by atoms with Gasteiger partial charge in [-0.05, 0) is 36.6 Å². The number of nitrogens with zero attached hydrogens (tertiary/aromatic N) is 1. The molecule has 0 bridgehead atoms. The summed E-state index contributed by atoms with van der Waals surface area (Å²) in [4.78, 5) is 10.1. The van der Waals surface area contributed by atoms with Gasteiger partial charge in [0.2, 0.25) is 0 Å². The van der Waals surface area contributed by atoms with Gasteiger partial charge in [0.05, 0.1) is 4.92 Å². The molecule has 0 heterocycles. The largest absolute Gasteiger partial charge is 0.269 e. The quantitative estimate of drug-likeness (QED) is 0.435. The van der Waals surface area contributed by atoms with Crippen molar-refractivity contribution in [3.63, 3.8) is 0 Å². The smallest absolute Gasteiger partial charge is 0.258 e. The summed E-state index contributed by atoms with van der Waals surface area (Å²) in [6, 6.07) is 6.54. The van der Waals surface area contributed by atoms with E-state index in [9.17, 15) is 10.1 Å². The first-order valence-electron chi connectivity index (χ1n) is 5.15. The van der Waals surface area contributed by atoms with E-state index in [4.69, 9.17) is 0 Å². The molecule has 0 saturated carbocycles. The Morgan fingerprint density at radius 3 is 2.44 bits per heavy atom. The minimum atomic E-state index is -0.395. The SMILES string of the molecule is C=C(/C=C(\C)c1ccc([N+](=O)[O-])cc1)CC. The Balaban J connectivity index is 2.94. The number of rotatable bonds is 4. The molecule has 0 aliphatic rings. The summed E-state index contributed by atoms with van der Waals surface area (Å²) in [5, 5.41) is 10.5. The van der Waals surface area contributed by atoms with E-state index in [1.807, 2.05) is 19.9 Å². The summed E-state index contributed by atoms with van der Waals surface area (Å²) in [5.74, 6) is 0. The second-order valence-electron chi connectivity index (χ2n) is 3.64. The summed E-state index contributed by atoms with van der Waals surface area (Å²) in [6.45, 7) is 7.92. The maximum absolute atomic E-state index is 10.5. The molecule has 1 aromatic rings. The molecule has 0 amide bonds. The number of benzene rings is 1. The number of nitro benzene ring substituents is 1. The average molecular weight is 217 g/mol. The van der Waals surface area contributed by atoms with E-state index in [1.165, 1.54) is 12.1 Å². The summed E-state index contributed by atoms with van der Waals surface area (Å²) in [5.41, 5.74) is 3.23. The first kappa shape index (κ1) is 12.2. The molecule has 0 fully saturated rings. The van der Waals surface area contributed by atoms with Gasteiger partial charge in [0, 0.05) is 12.1 Å². The lowest BCUT2D eigenvalue weighted by atomic mass is 10.0. The van der Waals surface area contributed by atoms with Crippen LogP contribution in [-0.2, 0) is 0 Å². The van der Waals surface area contributed by atoms with Crippen molar-refractivity contribution in [2.45, 2.75) is 20.3 Å². The van der Waals surface area contributed by atoms with Gasteiger partial charge >= 0.3 is 0 Å². The maximum Gasteiger partial charge on any atom is 0.269 e. The van der Waals surface area contributed by atoms with Crippen molar-refractivity contribution in [2.24, 2.45) is 0 Å². The number of hydrogen-bond acceptors (Lipinski definition) is 2. The molecule has 1 aromatic carbocycles. The Labute approximate surface area is 95.3 Å². The monoisotopic (exact) mass is 217 g/mol. The highest BCUT2D eigenvalue weighted by Gasteiger charge is 2.04. The fraction of sp³-hybridized carbons (Fsp3) is 0.231. The third kappa shape index (κ3) is 3.05. The molecule has 3 heteroatoms. The van der Waals surface area contributed by atoms with Crippen molar-refractivity contribution >= 4 is 11.3 Å². The molecule has 0 aliphatic carbocycles. The van der Waals surface area contributed by atoms with Gasteiger partial charge in [-0.15, -0.1) is 0 Å². The Bertz CT molecular complexity index is 430. The predicted octanol–water partition coefficient (Wildman–Crippen LogP) is 3.96. The normalized spacial score (nSPS) is 11.2. The molecule has 0 spiro atoms. The second kappa shape index (κ2) is 5.26. The molecule has 0 N–H and O–H groups in total. The molecule has 1 rings (SSSR count). The summed E-state index contributed by atoms with van der Waals surface area (Å²) in [6.07, 6.45) is 2.91. The Hall–Kier alpha value is -1.90. The standard InChI is InChI=1S/C13H15NO2/c1-4-10(2)9-11(3)12-5-7-13(8-6-12)14(15)16/h5-9H,2,4H2,1,3H3/b11-9+. The lowest BCUT2D eigenvalue weighted by molar-refractivity contribution is -0.384. The summed E-state index contributed by atoms with van der Waals surface area (Å²) < 4.78 is 0. The first-order chi connectivity index (χ1) is 7.54. The number of nitro groups is 1. The topological polar surface area (TPSA) is 43.1 Å². The van der Waals surface area contributed by atoms with Crippen LogP contribution in [0.2, 0.25) is 0 Å². The highest BCUT2D eigenvalue weighted by atomic mass is 16.6. The van der Waals surface area contributed by atoms with Crippen molar-refractivity contribution in [3.05, 3.63) is 58.2 Å². The minimum absolute atomic E-state index is 0.117. The molecule has 0 unspecified atom stereocenters. The molecular formula is C13H15NO2. The zero-order valence-electron chi connectivity index (χ0n) is 9.56. The van der Waals surface area contributed by atoms with Crippen molar-refractivity contribution in [3.8, 4) is 0 Å². The maximum atomic E-state index is 10.5. The van der Waals surface area contributed by atoms with E-state index >= 15 is 0 Å². The highest BCUT2D eigenvalue weighted by Crippen LogP contribution is 2.19. The average Bonchev–Trinajstić information content (AvgIpc) is 2.28. The first-order valence-corrected chi connectivity index (χ1v) is 5.15. The van der Waals surface area contributed by atoms with Gasteiger partial charge in [-0.3, -0.25) is 10.1 Å². The predicted molar refractivity (Wildman–Crippen MR) is 66.2 cm³/mol. The van der Waals surface area contributed by atoms with Gasteiger partial charge in [-0.25, -0.2) is 0 Å². The molecule has 0 aromatic heterocycles. The van der Waals surface area contributed by atoms with Crippen molar-refractivity contribution in [2.75, 3.05) is 0 Å². The molecule has 0 radical (unpaired) electrons. The van der Waals surface area contributed by atoms with E-state index in [-0.39, 0.29) is 5.69 Å². The zero-order valence-corrected chi connectivity index (χ0v) is 9.56. The highest BCUT2D eigenvalue weighted by molar-refractivity contribution is 5.67. The van der Waals surface area contributed by atoms with E-state index in [1.54, 1.807) is 12.1 Å². The lowest BCUT2D eigenvalue weighted by Crippen LogP contribution is -1.88. The van der Waals surface area contributed by atoms with Crippen molar-refractivity contribution < 1.29 is 4.92 Å². The Morgan fingerprint density at radius 1 is 1.44 bits per heavy atom. The van der Waals surface area contributed by atoms with Crippen LogP contribution in [-0.4, -0.2) is 4.92 Å².